The molecule has 0 spiro atoms. The summed E-state index contributed by atoms with van der Waals surface area (Å²) < 4.78 is 5.27. The second-order valence-electron chi connectivity index (χ2n) is 5.24. The lowest BCUT2D eigenvalue weighted by Gasteiger charge is -2.32. The Kier molecular flexibility index (Phi) is 5.56. The summed E-state index contributed by atoms with van der Waals surface area (Å²) in [5.74, 6) is 0.211. The lowest BCUT2D eigenvalue weighted by atomic mass is 10.0. The summed E-state index contributed by atoms with van der Waals surface area (Å²) in [7, 11) is 1.70. The van der Waals surface area contributed by atoms with Crippen LogP contribution in [0, 0.1) is 0 Å². The van der Waals surface area contributed by atoms with Gasteiger partial charge in [0.25, 0.3) is 0 Å². The SMILES string of the molecule is CCCNC(COC)CN1C(=O)CCc2ccccc21. The fraction of sp³-hybridized carbons (Fsp3) is 0.562. The third kappa shape index (κ3) is 3.58. The van der Waals surface area contributed by atoms with Crippen LogP contribution in [-0.2, 0) is 16.0 Å². The summed E-state index contributed by atoms with van der Waals surface area (Å²) >= 11 is 0. The molecule has 0 saturated heterocycles. The lowest BCUT2D eigenvalue weighted by molar-refractivity contribution is -0.119. The molecule has 1 aliphatic rings. The molecular weight excluding hydrogens is 252 g/mol. The number of aryl methyl sites for hydroxylation is 1. The lowest BCUT2D eigenvalue weighted by Crippen LogP contribution is -2.47. The monoisotopic (exact) mass is 276 g/mol. The Bertz CT molecular complexity index is 448. The van der Waals surface area contributed by atoms with E-state index in [9.17, 15) is 4.79 Å². The quantitative estimate of drug-likeness (QED) is 0.828. The predicted octanol–water partition coefficient (Wildman–Crippen LogP) is 1.98. The van der Waals surface area contributed by atoms with Crippen LogP contribution in [-0.4, -0.2) is 38.8 Å². The number of nitrogens with zero attached hydrogens (tertiary/aromatic N) is 1. The minimum Gasteiger partial charge on any atom is -0.383 e. The molecule has 2 rings (SSSR count). The first-order chi connectivity index (χ1) is 9.76. The summed E-state index contributed by atoms with van der Waals surface area (Å²) in [5.41, 5.74) is 2.32. The molecule has 1 aromatic rings. The van der Waals surface area contributed by atoms with Crippen LogP contribution in [0.15, 0.2) is 24.3 Å². The predicted molar refractivity (Wildman–Crippen MR) is 81.1 cm³/mol. The van der Waals surface area contributed by atoms with Gasteiger partial charge in [0.1, 0.15) is 0 Å². The van der Waals surface area contributed by atoms with Crippen LogP contribution in [0.1, 0.15) is 25.3 Å². The van der Waals surface area contributed by atoms with Crippen LogP contribution in [0.3, 0.4) is 0 Å². The van der Waals surface area contributed by atoms with Gasteiger partial charge >= 0.3 is 0 Å². The van der Waals surface area contributed by atoms with Gasteiger partial charge in [-0.15, -0.1) is 0 Å². The van der Waals surface area contributed by atoms with Crippen molar-refractivity contribution in [2.24, 2.45) is 0 Å². The normalized spacial score (nSPS) is 16.1. The van der Waals surface area contributed by atoms with Gasteiger partial charge in [-0.1, -0.05) is 25.1 Å². The molecule has 20 heavy (non-hydrogen) atoms. The summed E-state index contributed by atoms with van der Waals surface area (Å²) in [6.45, 7) is 4.37. The first-order valence-electron chi connectivity index (χ1n) is 7.36. The van der Waals surface area contributed by atoms with Gasteiger partial charge in [-0.2, -0.15) is 0 Å². The Morgan fingerprint density at radius 1 is 1.35 bits per heavy atom. The number of hydrogen-bond acceptors (Lipinski definition) is 3. The standard InChI is InChI=1S/C16H24N2O2/c1-3-10-17-14(12-20-2)11-18-15-7-5-4-6-13(15)8-9-16(18)19/h4-7,14,17H,3,8-12H2,1-2H3. The molecule has 0 aliphatic carbocycles. The zero-order chi connectivity index (χ0) is 14.4. The largest absolute Gasteiger partial charge is 0.383 e. The smallest absolute Gasteiger partial charge is 0.227 e. The topological polar surface area (TPSA) is 41.6 Å². The van der Waals surface area contributed by atoms with Crippen LogP contribution in [0.5, 0.6) is 0 Å². The number of amides is 1. The average Bonchev–Trinajstić information content (AvgIpc) is 2.47. The highest BCUT2D eigenvalue weighted by Gasteiger charge is 2.25. The number of rotatable bonds is 7. The van der Waals surface area contributed by atoms with Crippen molar-refractivity contribution in [1.29, 1.82) is 0 Å². The molecule has 1 unspecified atom stereocenters. The molecule has 1 aromatic carbocycles. The maximum absolute atomic E-state index is 12.2. The molecule has 4 nitrogen and oxygen atoms in total. The number of fused-ring (bicyclic) bond motifs is 1. The van der Waals surface area contributed by atoms with Crippen LogP contribution in [0.25, 0.3) is 0 Å². The van der Waals surface area contributed by atoms with Crippen molar-refractivity contribution in [3.05, 3.63) is 29.8 Å². The van der Waals surface area contributed by atoms with E-state index in [0.29, 0.717) is 19.6 Å². The first-order valence-corrected chi connectivity index (χ1v) is 7.36. The van der Waals surface area contributed by atoms with E-state index in [1.165, 1.54) is 5.56 Å². The van der Waals surface area contributed by atoms with E-state index in [-0.39, 0.29) is 11.9 Å². The number of hydrogen-bond donors (Lipinski definition) is 1. The molecule has 0 aromatic heterocycles. The van der Waals surface area contributed by atoms with Crippen molar-refractivity contribution < 1.29 is 9.53 Å². The molecule has 0 fully saturated rings. The third-order valence-electron chi connectivity index (χ3n) is 3.65. The highest BCUT2D eigenvalue weighted by molar-refractivity contribution is 5.96. The summed E-state index contributed by atoms with van der Waals surface area (Å²) in [4.78, 5) is 14.1. The van der Waals surface area contributed by atoms with Crippen LogP contribution >= 0.6 is 0 Å². The third-order valence-corrected chi connectivity index (χ3v) is 3.65. The number of anilines is 1. The Hall–Kier alpha value is -1.39. The molecule has 1 N–H and O–H groups in total. The number of ether oxygens (including phenoxy) is 1. The van der Waals surface area contributed by atoms with Crippen LogP contribution in [0.4, 0.5) is 5.69 Å². The maximum atomic E-state index is 12.2. The Labute approximate surface area is 121 Å². The molecule has 110 valence electrons. The van der Waals surface area contributed by atoms with E-state index >= 15 is 0 Å². The van der Waals surface area contributed by atoms with Crippen molar-refractivity contribution >= 4 is 11.6 Å². The van der Waals surface area contributed by atoms with E-state index in [1.807, 2.05) is 23.1 Å². The minimum atomic E-state index is 0.176. The van der Waals surface area contributed by atoms with Gasteiger partial charge in [0.15, 0.2) is 0 Å². The number of nitrogens with one attached hydrogen (secondary N) is 1. The molecule has 1 heterocycles. The highest BCUT2D eigenvalue weighted by Crippen LogP contribution is 2.27. The molecule has 4 heteroatoms. The molecule has 0 bridgehead atoms. The maximum Gasteiger partial charge on any atom is 0.227 e. The molecule has 1 amide bonds. The van der Waals surface area contributed by atoms with Gasteiger partial charge in [0.2, 0.25) is 5.91 Å². The Morgan fingerprint density at radius 2 is 2.15 bits per heavy atom. The van der Waals surface area contributed by atoms with Crippen LogP contribution < -0.4 is 10.2 Å². The van der Waals surface area contributed by atoms with Crippen molar-refractivity contribution in [1.82, 2.24) is 5.32 Å². The van der Waals surface area contributed by atoms with Crippen LogP contribution in [0.2, 0.25) is 0 Å². The van der Waals surface area contributed by atoms with Gasteiger partial charge in [-0.25, -0.2) is 0 Å². The minimum absolute atomic E-state index is 0.176. The summed E-state index contributed by atoms with van der Waals surface area (Å²) in [5, 5.41) is 3.45. The van der Waals surface area contributed by atoms with Crippen molar-refractivity contribution in [2.75, 3.05) is 31.7 Å². The van der Waals surface area contributed by atoms with E-state index in [4.69, 9.17) is 4.74 Å². The zero-order valence-corrected chi connectivity index (χ0v) is 12.4. The second kappa shape index (κ2) is 7.41. The summed E-state index contributed by atoms with van der Waals surface area (Å²) in [6, 6.07) is 8.36. The molecule has 1 aliphatic heterocycles. The fourth-order valence-corrected chi connectivity index (χ4v) is 2.64. The van der Waals surface area contributed by atoms with Crippen molar-refractivity contribution in [3.63, 3.8) is 0 Å². The number of para-hydroxylation sites is 1. The van der Waals surface area contributed by atoms with Crippen molar-refractivity contribution in [2.45, 2.75) is 32.2 Å². The molecule has 1 atom stereocenters. The van der Waals surface area contributed by atoms with Gasteiger partial charge in [-0.05, 0) is 31.0 Å². The second-order valence-corrected chi connectivity index (χ2v) is 5.24. The summed E-state index contributed by atoms with van der Waals surface area (Å²) in [6.07, 6.45) is 2.53. The van der Waals surface area contributed by atoms with Gasteiger partial charge in [0.05, 0.1) is 6.61 Å². The number of carbonyl (C=O) groups is 1. The van der Waals surface area contributed by atoms with Gasteiger partial charge < -0.3 is 15.0 Å². The van der Waals surface area contributed by atoms with Crippen molar-refractivity contribution in [3.8, 4) is 0 Å². The number of benzene rings is 1. The number of methoxy groups -OCH3 is 1. The average molecular weight is 276 g/mol. The Morgan fingerprint density at radius 3 is 2.90 bits per heavy atom. The van der Waals surface area contributed by atoms with E-state index < -0.39 is 0 Å². The molecular formula is C16H24N2O2. The first kappa shape index (κ1) is 15.0. The Balaban J connectivity index is 2.11. The zero-order valence-electron chi connectivity index (χ0n) is 12.4. The number of carbonyl (C=O) groups excluding carboxylic acids is 1. The fourth-order valence-electron chi connectivity index (χ4n) is 2.64. The highest BCUT2D eigenvalue weighted by atomic mass is 16.5. The van der Waals surface area contributed by atoms with E-state index in [2.05, 4.69) is 18.3 Å². The molecule has 0 radical (unpaired) electrons. The van der Waals surface area contributed by atoms with Gasteiger partial charge in [-0.3, -0.25) is 4.79 Å². The molecule has 0 saturated carbocycles. The van der Waals surface area contributed by atoms with Gasteiger partial charge in [0, 0.05) is 31.8 Å². The van der Waals surface area contributed by atoms with E-state index in [1.54, 1.807) is 7.11 Å². The van der Waals surface area contributed by atoms with E-state index in [0.717, 1.165) is 25.1 Å².